The van der Waals surface area contributed by atoms with E-state index < -0.39 is 0 Å². The summed E-state index contributed by atoms with van der Waals surface area (Å²) in [6.07, 6.45) is 14.8. The number of benzene rings is 1. The molecule has 0 bridgehead atoms. The fourth-order valence-corrected chi connectivity index (χ4v) is 3.21. The molecule has 0 unspecified atom stereocenters. The first-order valence-corrected chi connectivity index (χ1v) is 11.4. The van der Waals surface area contributed by atoms with E-state index >= 15 is 0 Å². The minimum atomic E-state index is 0.0665. The first-order chi connectivity index (χ1) is 13.8. The summed E-state index contributed by atoms with van der Waals surface area (Å²) in [4.78, 5) is 12.2. The van der Waals surface area contributed by atoms with E-state index in [0.29, 0.717) is 32.0 Å². The van der Waals surface area contributed by atoms with Gasteiger partial charge in [-0.25, -0.2) is 0 Å². The lowest BCUT2D eigenvalue weighted by atomic mass is 10.1. The van der Waals surface area contributed by atoms with Crippen LogP contribution in [0.4, 0.5) is 5.69 Å². The molecule has 1 rings (SSSR count). The standard InChI is InChI=1S/C24H41NO3/c1-3-5-6-7-8-9-10-11-12-13-14-19-24(26)25-22-17-15-16-18-23(22)28-21-20-27-4-2/h15-18H,3-14,19-21H2,1-2H3,(H,25,26). The second kappa shape index (κ2) is 17.5. The summed E-state index contributed by atoms with van der Waals surface area (Å²) in [5.74, 6) is 0.770. The molecule has 0 radical (unpaired) electrons. The first kappa shape index (κ1) is 24.5. The zero-order valence-electron chi connectivity index (χ0n) is 18.1. The van der Waals surface area contributed by atoms with Crippen molar-refractivity contribution in [2.45, 2.75) is 90.9 Å². The molecule has 160 valence electrons. The molecule has 0 spiro atoms. The van der Waals surface area contributed by atoms with Gasteiger partial charge >= 0.3 is 0 Å². The van der Waals surface area contributed by atoms with Crippen molar-refractivity contribution in [1.29, 1.82) is 0 Å². The Morgan fingerprint density at radius 2 is 1.43 bits per heavy atom. The molecule has 28 heavy (non-hydrogen) atoms. The van der Waals surface area contributed by atoms with Gasteiger partial charge in [-0.05, 0) is 25.5 Å². The fourth-order valence-electron chi connectivity index (χ4n) is 3.21. The second-order valence-corrected chi connectivity index (χ2v) is 7.38. The highest BCUT2D eigenvalue weighted by atomic mass is 16.5. The minimum Gasteiger partial charge on any atom is -0.489 e. The van der Waals surface area contributed by atoms with Crippen LogP contribution in [0.2, 0.25) is 0 Å². The van der Waals surface area contributed by atoms with Crippen LogP contribution in [0.3, 0.4) is 0 Å². The van der Waals surface area contributed by atoms with Crippen molar-refractivity contribution in [3.8, 4) is 5.75 Å². The van der Waals surface area contributed by atoms with Crippen molar-refractivity contribution in [3.63, 3.8) is 0 Å². The van der Waals surface area contributed by atoms with Crippen LogP contribution >= 0.6 is 0 Å². The van der Waals surface area contributed by atoms with Gasteiger partial charge in [0.15, 0.2) is 0 Å². The maximum absolute atomic E-state index is 12.2. The van der Waals surface area contributed by atoms with Crippen molar-refractivity contribution in [1.82, 2.24) is 0 Å². The smallest absolute Gasteiger partial charge is 0.224 e. The van der Waals surface area contributed by atoms with Gasteiger partial charge < -0.3 is 14.8 Å². The quantitative estimate of drug-likeness (QED) is 0.282. The van der Waals surface area contributed by atoms with Gasteiger partial charge in [-0.15, -0.1) is 0 Å². The molecular formula is C24H41NO3. The number of ether oxygens (including phenoxy) is 2. The molecule has 4 heteroatoms. The van der Waals surface area contributed by atoms with Crippen molar-refractivity contribution in [2.75, 3.05) is 25.1 Å². The van der Waals surface area contributed by atoms with Crippen LogP contribution in [0, 0.1) is 0 Å². The van der Waals surface area contributed by atoms with E-state index in [9.17, 15) is 4.79 Å². The van der Waals surface area contributed by atoms with E-state index in [1.165, 1.54) is 57.8 Å². The zero-order valence-corrected chi connectivity index (χ0v) is 18.1. The van der Waals surface area contributed by atoms with Gasteiger partial charge in [0.25, 0.3) is 0 Å². The van der Waals surface area contributed by atoms with E-state index in [1.54, 1.807) is 0 Å². The molecule has 0 aliphatic carbocycles. The number of amides is 1. The fraction of sp³-hybridized carbons (Fsp3) is 0.708. The number of hydrogen-bond donors (Lipinski definition) is 1. The largest absolute Gasteiger partial charge is 0.489 e. The lowest BCUT2D eigenvalue weighted by Gasteiger charge is -2.12. The third-order valence-corrected chi connectivity index (χ3v) is 4.86. The molecule has 0 heterocycles. The number of carbonyl (C=O) groups excluding carboxylic acids is 1. The summed E-state index contributed by atoms with van der Waals surface area (Å²) in [5, 5.41) is 2.98. The Balaban J connectivity index is 2.09. The molecule has 0 fully saturated rings. The highest BCUT2D eigenvalue weighted by Crippen LogP contribution is 2.24. The number of carbonyl (C=O) groups is 1. The Bertz CT molecular complexity index is 504. The summed E-state index contributed by atoms with van der Waals surface area (Å²) in [6, 6.07) is 7.58. The van der Waals surface area contributed by atoms with Crippen LogP contribution in [0.25, 0.3) is 0 Å². The molecule has 1 amide bonds. The van der Waals surface area contributed by atoms with E-state index in [2.05, 4.69) is 12.2 Å². The van der Waals surface area contributed by atoms with Gasteiger partial charge in [-0.3, -0.25) is 4.79 Å². The summed E-state index contributed by atoms with van der Waals surface area (Å²) in [5.41, 5.74) is 0.743. The molecule has 1 aromatic rings. The maximum Gasteiger partial charge on any atom is 0.224 e. The minimum absolute atomic E-state index is 0.0665. The van der Waals surface area contributed by atoms with E-state index in [-0.39, 0.29) is 5.91 Å². The topological polar surface area (TPSA) is 47.6 Å². The molecule has 1 aromatic carbocycles. The van der Waals surface area contributed by atoms with Gasteiger partial charge in [-0.2, -0.15) is 0 Å². The summed E-state index contributed by atoms with van der Waals surface area (Å²) >= 11 is 0. The van der Waals surface area contributed by atoms with Crippen molar-refractivity contribution in [2.24, 2.45) is 0 Å². The lowest BCUT2D eigenvalue weighted by molar-refractivity contribution is -0.116. The average Bonchev–Trinajstić information content (AvgIpc) is 2.70. The Morgan fingerprint density at radius 3 is 2.07 bits per heavy atom. The van der Waals surface area contributed by atoms with Crippen LogP contribution in [0.5, 0.6) is 5.75 Å². The Labute approximate surface area is 172 Å². The Morgan fingerprint density at radius 1 is 0.821 bits per heavy atom. The second-order valence-electron chi connectivity index (χ2n) is 7.38. The van der Waals surface area contributed by atoms with E-state index in [0.717, 1.165) is 18.5 Å². The molecule has 1 N–H and O–H groups in total. The predicted molar refractivity (Wildman–Crippen MR) is 118 cm³/mol. The first-order valence-electron chi connectivity index (χ1n) is 11.4. The van der Waals surface area contributed by atoms with Gasteiger partial charge in [0.1, 0.15) is 12.4 Å². The van der Waals surface area contributed by atoms with Crippen molar-refractivity contribution < 1.29 is 14.3 Å². The third kappa shape index (κ3) is 12.8. The predicted octanol–water partition coefficient (Wildman–Crippen LogP) is 6.74. The van der Waals surface area contributed by atoms with Crippen LogP contribution in [0.15, 0.2) is 24.3 Å². The van der Waals surface area contributed by atoms with Crippen LogP contribution in [-0.4, -0.2) is 25.7 Å². The normalized spacial score (nSPS) is 10.8. The van der Waals surface area contributed by atoms with Crippen molar-refractivity contribution >= 4 is 11.6 Å². The van der Waals surface area contributed by atoms with Crippen LogP contribution in [-0.2, 0) is 9.53 Å². The van der Waals surface area contributed by atoms with Crippen LogP contribution < -0.4 is 10.1 Å². The van der Waals surface area contributed by atoms with E-state index in [4.69, 9.17) is 9.47 Å². The van der Waals surface area contributed by atoms with Gasteiger partial charge in [-0.1, -0.05) is 83.3 Å². The molecule has 0 saturated carbocycles. The molecule has 0 atom stereocenters. The molecule has 0 aliphatic heterocycles. The number of rotatable bonds is 18. The Hall–Kier alpha value is -1.55. The number of nitrogens with one attached hydrogen (secondary N) is 1. The summed E-state index contributed by atoms with van der Waals surface area (Å²) in [7, 11) is 0. The summed E-state index contributed by atoms with van der Waals surface area (Å²) in [6.45, 7) is 5.94. The molecular weight excluding hydrogens is 350 g/mol. The van der Waals surface area contributed by atoms with Crippen molar-refractivity contribution in [3.05, 3.63) is 24.3 Å². The monoisotopic (exact) mass is 391 g/mol. The number of para-hydroxylation sites is 2. The van der Waals surface area contributed by atoms with Gasteiger partial charge in [0, 0.05) is 13.0 Å². The van der Waals surface area contributed by atoms with Crippen LogP contribution in [0.1, 0.15) is 90.9 Å². The average molecular weight is 392 g/mol. The zero-order chi connectivity index (χ0) is 20.3. The molecule has 4 nitrogen and oxygen atoms in total. The maximum atomic E-state index is 12.2. The number of anilines is 1. The number of unbranched alkanes of at least 4 members (excludes halogenated alkanes) is 10. The van der Waals surface area contributed by atoms with E-state index in [1.807, 2.05) is 31.2 Å². The lowest BCUT2D eigenvalue weighted by Crippen LogP contribution is -2.13. The molecule has 0 aliphatic rings. The highest BCUT2D eigenvalue weighted by molar-refractivity contribution is 5.92. The number of hydrogen-bond acceptors (Lipinski definition) is 3. The van der Waals surface area contributed by atoms with Gasteiger partial charge in [0.05, 0.1) is 12.3 Å². The Kier molecular flexibility index (Phi) is 15.3. The molecule has 0 aromatic heterocycles. The summed E-state index contributed by atoms with van der Waals surface area (Å²) < 4.78 is 11.0. The SMILES string of the molecule is CCCCCCCCCCCCCC(=O)Nc1ccccc1OCCOCC. The highest BCUT2D eigenvalue weighted by Gasteiger charge is 2.07. The molecule has 0 saturated heterocycles. The third-order valence-electron chi connectivity index (χ3n) is 4.86. The van der Waals surface area contributed by atoms with Gasteiger partial charge in [0.2, 0.25) is 5.91 Å².